The zero-order valence-electron chi connectivity index (χ0n) is 13.5. The van der Waals surface area contributed by atoms with Crippen molar-refractivity contribution in [2.24, 2.45) is 0 Å². The second kappa shape index (κ2) is 8.82. The quantitative estimate of drug-likeness (QED) is 0.829. The second-order valence-electron chi connectivity index (χ2n) is 5.00. The molecular weight excluding hydrogens is 290 g/mol. The van der Waals surface area contributed by atoms with Gasteiger partial charge in [0.2, 0.25) is 5.88 Å². The van der Waals surface area contributed by atoms with Gasteiger partial charge >= 0.3 is 0 Å². The van der Waals surface area contributed by atoms with Gasteiger partial charge in [0.1, 0.15) is 0 Å². The van der Waals surface area contributed by atoms with Crippen molar-refractivity contribution >= 4 is 0 Å². The number of aryl methyl sites for hydroxylation is 1. The predicted molar refractivity (Wildman–Crippen MR) is 89.9 cm³/mol. The van der Waals surface area contributed by atoms with Crippen LogP contribution in [0.15, 0.2) is 36.5 Å². The van der Waals surface area contributed by atoms with E-state index in [0.29, 0.717) is 23.8 Å². The van der Waals surface area contributed by atoms with Gasteiger partial charge in [0.05, 0.1) is 13.7 Å². The molecule has 0 fully saturated rings. The Morgan fingerprint density at radius 1 is 1.17 bits per heavy atom. The van der Waals surface area contributed by atoms with Crippen LogP contribution in [0.1, 0.15) is 30.9 Å². The van der Waals surface area contributed by atoms with Crippen molar-refractivity contribution in [2.45, 2.75) is 26.2 Å². The standard InChI is InChI=1S/C19H21NO3/c1-3-6-15-8-10-17(18(13-15)22-2)23-19-11-9-16(14-20-19)7-4-5-12-21/h8-11,13-14,21H,3,5-6,12H2,1-2H3. The van der Waals surface area contributed by atoms with E-state index in [9.17, 15) is 0 Å². The van der Waals surface area contributed by atoms with E-state index in [1.54, 1.807) is 19.4 Å². The Balaban J connectivity index is 2.11. The molecule has 1 aromatic carbocycles. The fourth-order valence-electron chi connectivity index (χ4n) is 2.09. The van der Waals surface area contributed by atoms with Crippen LogP contribution in [0, 0.1) is 11.8 Å². The van der Waals surface area contributed by atoms with E-state index >= 15 is 0 Å². The van der Waals surface area contributed by atoms with Gasteiger partial charge in [0, 0.05) is 24.2 Å². The summed E-state index contributed by atoms with van der Waals surface area (Å²) in [5.74, 6) is 7.61. The third-order valence-corrected chi connectivity index (χ3v) is 3.19. The molecule has 0 atom stereocenters. The lowest BCUT2D eigenvalue weighted by Gasteiger charge is -2.11. The van der Waals surface area contributed by atoms with Gasteiger partial charge in [0.15, 0.2) is 11.5 Å². The van der Waals surface area contributed by atoms with Crippen LogP contribution >= 0.6 is 0 Å². The summed E-state index contributed by atoms with van der Waals surface area (Å²) in [6.07, 6.45) is 4.21. The molecule has 2 aromatic rings. The maximum absolute atomic E-state index is 8.71. The average Bonchev–Trinajstić information content (AvgIpc) is 2.58. The summed E-state index contributed by atoms with van der Waals surface area (Å²) in [7, 11) is 1.63. The number of ether oxygens (including phenoxy) is 2. The van der Waals surface area contributed by atoms with Crippen LogP contribution in [0.3, 0.4) is 0 Å². The maximum Gasteiger partial charge on any atom is 0.219 e. The van der Waals surface area contributed by atoms with Crippen LogP contribution in [0.5, 0.6) is 17.4 Å². The molecule has 4 heteroatoms. The first-order valence-corrected chi connectivity index (χ1v) is 7.67. The molecule has 1 aromatic heterocycles. The number of aliphatic hydroxyl groups excluding tert-OH is 1. The molecule has 0 radical (unpaired) electrons. The van der Waals surface area contributed by atoms with E-state index in [-0.39, 0.29) is 6.61 Å². The molecule has 2 rings (SSSR count). The normalized spacial score (nSPS) is 9.87. The Bertz CT molecular complexity index is 684. The molecule has 0 spiro atoms. The zero-order chi connectivity index (χ0) is 16.5. The topological polar surface area (TPSA) is 51.6 Å². The summed E-state index contributed by atoms with van der Waals surface area (Å²) in [6, 6.07) is 9.54. The first-order valence-electron chi connectivity index (χ1n) is 7.67. The molecule has 23 heavy (non-hydrogen) atoms. The molecule has 4 nitrogen and oxygen atoms in total. The lowest BCUT2D eigenvalue weighted by atomic mass is 10.1. The molecule has 0 bridgehead atoms. The Kier molecular flexibility index (Phi) is 6.46. The number of aromatic nitrogens is 1. The summed E-state index contributed by atoms with van der Waals surface area (Å²) in [5.41, 5.74) is 2.01. The molecule has 0 saturated heterocycles. The fraction of sp³-hybridized carbons (Fsp3) is 0.316. The number of hydrogen-bond acceptors (Lipinski definition) is 4. The number of benzene rings is 1. The number of rotatable bonds is 6. The highest BCUT2D eigenvalue weighted by molar-refractivity contribution is 5.45. The summed E-state index contributed by atoms with van der Waals surface area (Å²) in [6.45, 7) is 2.21. The number of nitrogens with zero attached hydrogens (tertiary/aromatic N) is 1. The summed E-state index contributed by atoms with van der Waals surface area (Å²) in [5, 5.41) is 8.71. The van der Waals surface area contributed by atoms with Crippen molar-refractivity contribution < 1.29 is 14.6 Å². The van der Waals surface area contributed by atoms with Gasteiger partial charge in [0.25, 0.3) is 0 Å². The van der Waals surface area contributed by atoms with Gasteiger partial charge in [-0.3, -0.25) is 0 Å². The Hall–Kier alpha value is -2.51. The van der Waals surface area contributed by atoms with Crippen molar-refractivity contribution in [3.05, 3.63) is 47.7 Å². The lowest BCUT2D eigenvalue weighted by molar-refractivity contribution is 0.305. The molecule has 0 amide bonds. The average molecular weight is 311 g/mol. The molecule has 0 aliphatic rings. The summed E-state index contributed by atoms with van der Waals surface area (Å²) >= 11 is 0. The molecule has 0 aliphatic heterocycles. The van der Waals surface area contributed by atoms with Crippen molar-refractivity contribution in [1.29, 1.82) is 0 Å². The van der Waals surface area contributed by atoms with Gasteiger partial charge in [-0.1, -0.05) is 31.3 Å². The number of aliphatic hydroxyl groups is 1. The molecule has 1 N–H and O–H groups in total. The Morgan fingerprint density at radius 2 is 2.04 bits per heavy atom. The van der Waals surface area contributed by atoms with Crippen LogP contribution in [0.4, 0.5) is 0 Å². The molecular formula is C19H21NO3. The number of methoxy groups -OCH3 is 1. The van der Waals surface area contributed by atoms with E-state index in [1.165, 1.54) is 5.56 Å². The van der Waals surface area contributed by atoms with Gasteiger partial charge in [-0.25, -0.2) is 4.98 Å². The molecule has 120 valence electrons. The van der Waals surface area contributed by atoms with Crippen molar-refractivity contribution in [2.75, 3.05) is 13.7 Å². The zero-order valence-corrected chi connectivity index (χ0v) is 13.5. The van der Waals surface area contributed by atoms with Crippen molar-refractivity contribution in [3.8, 4) is 29.2 Å². The SMILES string of the molecule is CCCc1ccc(Oc2ccc(C#CCCO)cn2)c(OC)c1. The van der Waals surface area contributed by atoms with E-state index < -0.39 is 0 Å². The van der Waals surface area contributed by atoms with E-state index in [0.717, 1.165) is 18.4 Å². The van der Waals surface area contributed by atoms with Gasteiger partial charge in [-0.05, 0) is 30.2 Å². The van der Waals surface area contributed by atoms with E-state index in [1.807, 2.05) is 24.3 Å². The smallest absolute Gasteiger partial charge is 0.219 e. The van der Waals surface area contributed by atoms with Gasteiger partial charge in [-0.2, -0.15) is 0 Å². The highest BCUT2D eigenvalue weighted by atomic mass is 16.5. The van der Waals surface area contributed by atoms with Crippen LogP contribution in [-0.2, 0) is 6.42 Å². The molecule has 1 heterocycles. The fourth-order valence-corrected chi connectivity index (χ4v) is 2.09. The van der Waals surface area contributed by atoms with E-state index in [2.05, 4.69) is 23.7 Å². The lowest BCUT2D eigenvalue weighted by Crippen LogP contribution is -1.94. The molecule has 0 saturated carbocycles. The largest absolute Gasteiger partial charge is 0.493 e. The minimum absolute atomic E-state index is 0.0649. The van der Waals surface area contributed by atoms with Crippen molar-refractivity contribution in [3.63, 3.8) is 0 Å². The molecule has 0 unspecified atom stereocenters. The third-order valence-electron chi connectivity index (χ3n) is 3.19. The predicted octanol–water partition coefficient (Wildman–Crippen LogP) is 3.57. The monoisotopic (exact) mass is 311 g/mol. The first kappa shape index (κ1) is 16.9. The molecule has 0 aliphatic carbocycles. The Morgan fingerprint density at radius 3 is 2.70 bits per heavy atom. The minimum Gasteiger partial charge on any atom is -0.493 e. The Labute approximate surface area is 137 Å². The minimum atomic E-state index is 0.0649. The van der Waals surface area contributed by atoms with Crippen LogP contribution in [0.2, 0.25) is 0 Å². The van der Waals surface area contributed by atoms with Gasteiger partial charge in [-0.15, -0.1) is 0 Å². The summed E-state index contributed by atoms with van der Waals surface area (Å²) in [4.78, 5) is 4.24. The maximum atomic E-state index is 8.71. The van der Waals surface area contributed by atoms with Crippen LogP contribution < -0.4 is 9.47 Å². The second-order valence-corrected chi connectivity index (χ2v) is 5.00. The first-order chi connectivity index (χ1) is 11.3. The van der Waals surface area contributed by atoms with Gasteiger partial charge < -0.3 is 14.6 Å². The van der Waals surface area contributed by atoms with Crippen LogP contribution in [0.25, 0.3) is 0 Å². The summed E-state index contributed by atoms with van der Waals surface area (Å²) < 4.78 is 11.2. The van der Waals surface area contributed by atoms with Crippen LogP contribution in [-0.4, -0.2) is 23.8 Å². The highest BCUT2D eigenvalue weighted by Crippen LogP contribution is 2.31. The number of pyridine rings is 1. The van der Waals surface area contributed by atoms with Crippen molar-refractivity contribution in [1.82, 2.24) is 4.98 Å². The highest BCUT2D eigenvalue weighted by Gasteiger charge is 2.07. The third kappa shape index (κ3) is 5.01. The van der Waals surface area contributed by atoms with E-state index in [4.69, 9.17) is 14.6 Å². The number of hydrogen-bond donors (Lipinski definition) is 1.